The molecule has 0 atom stereocenters. The molecule has 0 bridgehead atoms. The summed E-state index contributed by atoms with van der Waals surface area (Å²) in [5.41, 5.74) is 10.8. The van der Waals surface area contributed by atoms with Crippen molar-refractivity contribution >= 4 is 81.2 Å². The highest BCUT2D eigenvalue weighted by molar-refractivity contribution is 7.26. The average molecular weight is 721 g/mol. The van der Waals surface area contributed by atoms with Crippen LogP contribution < -0.4 is 4.90 Å². The van der Waals surface area contributed by atoms with E-state index in [9.17, 15) is 0 Å². The van der Waals surface area contributed by atoms with Gasteiger partial charge in [0.15, 0.2) is 5.58 Å². The van der Waals surface area contributed by atoms with Crippen LogP contribution in [0.4, 0.5) is 17.1 Å². The molecular formula is C51H32N2OS. The summed E-state index contributed by atoms with van der Waals surface area (Å²) >= 11 is 1.85. The molecule has 0 spiro atoms. The minimum absolute atomic E-state index is 0.653. The summed E-state index contributed by atoms with van der Waals surface area (Å²) in [7, 11) is 0. The van der Waals surface area contributed by atoms with Gasteiger partial charge in [-0.05, 0) is 117 Å². The van der Waals surface area contributed by atoms with E-state index in [4.69, 9.17) is 9.40 Å². The highest BCUT2D eigenvalue weighted by atomic mass is 32.1. The lowest BCUT2D eigenvalue weighted by atomic mass is 9.99. The van der Waals surface area contributed by atoms with Crippen LogP contribution in [0.2, 0.25) is 0 Å². The Hall–Kier alpha value is -7.01. The molecule has 0 radical (unpaired) electrons. The van der Waals surface area contributed by atoms with Crippen LogP contribution in [0.3, 0.4) is 0 Å². The average Bonchev–Trinajstić information content (AvgIpc) is 3.86. The summed E-state index contributed by atoms with van der Waals surface area (Å²) in [5, 5.41) is 7.44. The highest BCUT2D eigenvalue weighted by Gasteiger charge is 2.16. The zero-order valence-corrected chi connectivity index (χ0v) is 30.5. The molecule has 4 heteroatoms. The number of nitrogens with zero attached hydrogens (tertiary/aromatic N) is 2. The maximum Gasteiger partial charge on any atom is 0.227 e. The Labute approximate surface area is 322 Å². The number of oxazole rings is 1. The van der Waals surface area contributed by atoms with E-state index >= 15 is 0 Å². The summed E-state index contributed by atoms with van der Waals surface area (Å²) in [5.74, 6) is 0.653. The number of hydrogen-bond acceptors (Lipinski definition) is 4. The largest absolute Gasteiger partial charge is 0.436 e. The van der Waals surface area contributed by atoms with Crippen molar-refractivity contribution in [1.82, 2.24) is 4.98 Å². The molecule has 0 aliphatic heterocycles. The van der Waals surface area contributed by atoms with E-state index in [0.717, 1.165) is 33.7 Å². The molecule has 9 aromatic carbocycles. The molecule has 3 nitrogen and oxygen atoms in total. The van der Waals surface area contributed by atoms with Gasteiger partial charge in [-0.2, -0.15) is 0 Å². The van der Waals surface area contributed by atoms with Crippen LogP contribution in [-0.4, -0.2) is 4.98 Å². The molecule has 0 aliphatic carbocycles. The van der Waals surface area contributed by atoms with Crippen molar-refractivity contribution in [2.24, 2.45) is 0 Å². The molecule has 2 heterocycles. The monoisotopic (exact) mass is 720 g/mol. The zero-order chi connectivity index (χ0) is 36.3. The Morgan fingerprint density at radius 1 is 0.400 bits per heavy atom. The first-order valence-corrected chi connectivity index (χ1v) is 19.3. The number of thiophene rings is 1. The van der Waals surface area contributed by atoms with Crippen molar-refractivity contribution in [1.29, 1.82) is 0 Å². The second kappa shape index (κ2) is 12.8. The Morgan fingerprint density at radius 3 is 1.82 bits per heavy atom. The molecule has 0 amide bonds. The summed E-state index contributed by atoms with van der Waals surface area (Å²) in [4.78, 5) is 7.09. The summed E-state index contributed by atoms with van der Waals surface area (Å²) in [6.45, 7) is 0. The van der Waals surface area contributed by atoms with Crippen LogP contribution in [0.1, 0.15) is 0 Å². The van der Waals surface area contributed by atoms with E-state index in [1.54, 1.807) is 0 Å². The molecule has 11 aromatic rings. The SMILES string of the molecule is c1ccc(-c2ccc(N(c3ccc(-c4ccc5c(ccc6c7cc(-c8nc9ccccc9o8)ccc7sc56)c4)cc3)c3ccc4ccccc4c3)cc2)cc1. The van der Waals surface area contributed by atoms with Crippen LogP contribution >= 0.6 is 11.3 Å². The van der Waals surface area contributed by atoms with Gasteiger partial charge in [0, 0.05) is 42.8 Å². The molecular weight excluding hydrogens is 689 g/mol. The Kier molecular flexibility index (Phi) is 7.35. The first-order chi connectivity index (χ1) is 27.2. The van der Waals surface area contributed by atoms with Crippen molar-refractivity contribution < 1.29 is 4.42 Å². The maximum atomic E-state index is 6.11. The summed E-state index contributed by atoms with van der Waals surface area (Å²) in [6, 6.07) is 69.5. The van der Waals surface area contributed by atoms with E-state index < -0.39 is 0 Å². The molecule has 258 valence electrons. The second-order valence-electron chi connectivity index (χ2n) is 14.0. The predicted molar refractivity (Wildman–Crippen MR) is 233 cm³/mol. The molecule has 0 saturated heterocycles. The van der Waals surface area contributed by atoms with Crippen LogP contribution in [0, 0.1) is 0 Å². The van der Waals surface area contributed by atoms with Crippen LogP contribution in [0.15, 0.2) is 199 Å². The smallest absolute Gasteiger partial charge is 0.227 e. The standard InChI is InChI=1S/C51H32N2OS/c1-2-8-33(9-3-1)35-14-22-41(23-15-35)53(43-26-18-34-10-4-5-11-37(34)31-43)42-24-16-36(17-25-42)38-19-27-44-39(30-38)20-28-45-46-32-40(21-29-49(46)55-50(44)45)51-52-47-12-6-7-13-48(47)54-51/h1-32H. The second-order valence-corrected chi connectivity index (χ2v) is 15.1. The minimum Gasteiger partial charge on any atom is -0.436 e. The van der Waals surface area contributed by atoms with Gasteiger partial charge in [0.1, 0.15) is 5.52 Å². The van der Waals surface area contributed by atoms with Gasteiger partial charge in [-0.1, -0.05) is 121 Å². The predicted octanol–water partition coefficient (Wildman–Crippen LogP) is 15.0. The number of para-hydroxylation sites is 2. The Bertz CT molecular complexity index is 3160. The van der Waals surface area contributed by atoms with Crippen LogP contribution in [0.5, 0.6) is 0 Å². The first-order valence-electron chi connectivity index (χ1n) is 18.5. The van der Waals surface area contributed by atoms with Gasteiger partial charge < -0.3 is 9.32 Å². The van der Waals surface area contributed by atoms with Gasteiger partial charge in [0.2, 0.25) is 5.89 Å². The third kappa shape index (κ3) is 5.54. The van der Waals surface area contributed by atoms with Crippen molar-refractivity contribution in [3.05, 3.63) is 194 Å². The molecule has 0 saturated carbocycles. The first kappa shape index (κ1) is 31.5. The van der Waals surface area contributed by atoms with Crippen molar-refractivity contribution in [3.8, 4) is 33.7 Å². The van der Waals surface area contributed by atoms with E-state index in [2.05, 4.69) is 175 Å². The topological polar surface area (TPSA) is 29.3 Å². The number of anilines is 3. The molecule has 0 unspecified atom stereocenters. The fraction of sp³-hybridized carbons (Fsp3) is 0. The summed E-state index contributed by atoms with van der Waals surface area (Å²) < 4.78 is 8.66. The van der Waals surface area contributed by atoms with E-state index in [0.29, 0.717) is 5.89 Å². The zero-order valence-electron chi connectivity index (χ0n) is 29.7. The molecule has 11 rings (SSSR count). The fourth-order valence-electron chi connectivity index (χ4n) is 7.87. The van der Waals surface area contributed by atoms with Crippen LogP contribution in [-0.2, 0) is 0 Å². The number of benzene rings is 9. The van der Waals surface area contributed by atoms with Gasteiger partial charge in [-0.15, -0.1) is 11.3 Å². The van der Waals surface area contributed by atoms with Crippen LogP contribution in [0.25, 0.3) is 86.5 Å². The number of rotatable bonds is 6. The number of fused-ring (bicyclic) bond motifs is 7. The number of aromatic nitrogens is 1. The Balaban J connectivity index is 0.943. The van der Waals surface area contributed by atoms with E-state index in [1.807, 2.05) is 35.6 Å². The lowest BCUT2D eigenvalue weighted by Crippen LogP contribution is -2.09. The quantitative estimate of drug-likeness (QED) is 0.171. The van der Waals surface area contributed by atoms with Gasteiger partial charge in [-0.3, -0.25) is 0 Å². The Morgan fingerprint density at radius 2 is 1.02 bits per heavy atom. The highest BCUT2D eigenvalue weighted by Crippen LogP contribution is 2.42. The third-order valence-electron chi connectivity index (χ3n) is 10.7. The van der Waals surface area contributed by atoms with E-state index in [-0.39, 0.29) is 0 Å². The molecule has 55 heavy (non-hydrogen) atoms. The molecule has 2 aromatic heterocycles. The summed E-state index contributed by atoms with van der Waals surface area (Å²) in [6.07, 6.45) is 0. The molecule has 0 fully saturated rings. The maximum absolute atomic E-state index is 6.11. The van der Waals surface area contributed by atoms with Gasteiger partial charge in [-0.25, -0.2) is 4.98 Å². The van der Waals surface area contributed by atoms with Crippen molar-refractivity contribution in [2.45, 2.75) is 0 Å². The van der Waals surface area contributed by atoms with Gasteiger partial charge >= 0.3 is 0 Å². The van der Waals surface area contributed by atoms with Crippen molar-refractivity contribution in [2.75, 3.05) is 4.90 Å². The number of hydrogen-bond donors (Lipinski definition) is 0. The fourth-order valence-corrected chi connectivity index (χ4v) is 9.09. The van der Waals surface area contributed by atoms with Crippen molar-refractivity contribution in [3.63, 3.8) is 0 Å². The van der Waals surface area contributed by atoms with Gasteiger partial charge in [0.25, 0.3) is 0 Å². The minimum atomic E-state index is 0.653. The molecule has 0 N–H and O–H groups in total. The lowest BCUT2D eigenvalue weighted by molar-refractivity contribution is 0.620. The lowest BCUT2D eigenvalue weighted by Gasteiger charge is -2.26. The third-order valence-corrected chi connectivity index (χ3v) is 11.9. The normalized spacial score (nSPS) is 11.6. The van der Waals surface area contributed by atoms with Gasteiger partial charge in [0.05, 0.1) is 0 Å². The van der Waals surface area contributed by atoms with E-state index in [1.165, 1.54) is 64.0 Å². The molecule has 0 aliphatic rings.